The van der Waals surface area contributed by atoms with Gasteiger partial charge in [-0.25, -0.2) is 4.79 Å². The minimum absolute atomic E-state index is 0.00264. The Balaban J connectivity index is 1.80. The standard InChI is InChI=1S/C35H47N5O7/c1-21(2)16-28(32(43)38-27(19-26-14-15-36-31(26)42)30(41)34(45)37-22(3)4)39-33(44)29(18-25-13-9-10-23(5)17-25)40-35(46)47-20-24-11-7-6-8-12-24/h6-13,17,21-22,26-29H,14-16,18-20H2,1-5H3,(H,36,42)(H,37,45)(H,38,43)(H,39,44)(H,40,46)/t26-,27-,28-,29-/m0/s1. The van der Waals surface area contributed by atoms with Crippen molar-refractivity contribution in [1.29, 1.82) is 0 Å². The lowest BCUT2D eigenvalue weighted by molar-refractivity contribution is -0.141. The van der Waals surface area contributed by atoms with Crippen molar-refractivity contribution in [2.24, 2.45) is 11.8 Å². The molecule has 0 aliphatic carbocycles. The van der Waals surface area contributed by atoms with Crippen molar-refractivity contribution in [2.45, 2.75) is 91.1 Å². The molecule has 0 bridgehead atoms. The van der Waals surface area contributed by atoms with Crippen LogP contribution in [-0.4, -0.2) is 66.2 Å². The molecule has 2 aromatic rings. The minimum atomic E-state index is -1.28. The van der Waals surface area contributed by atoms with Gasteiger partial charge >= 0.3 is 6.09 Å². The largest absolute Gasteiger partial charge is 0.445 e. The number of nitrogens with one attached hydrogen (secondary N) is 5. The van der Waals surface area contributed by atoms with Gasteiger partial charge in [0, 0.05) is 24.9 Å². The quantitative estimate of drug-likeness (QED) is 0.174. The topological polar surface area (TPSA) is 172 Å². The Hall–Kier alpha value is -4.74. The number of aryl methyl sites for hydroxylation is 1. The van der Waals surface area contributed by atoms with Gasteiger partial charge in [-0.15, -0.1) is 0 Å². The number of rotatable bonds is 16. The highest BCUT2D eigenvalue weighted by Gasteiger charge is 2.36. The molecular formula is C35H47N5O7. The highest BCUT2D eigenvalue weighted by atomic mass is 16.5. The first-order valence-corrected chi connectivity index (χ1v) is 16.1. The lowest BCUT2D eigenvalue weighted by Gasteiger charge is -2.27. The predicted octanol–water partition coefficient (Wildman–Crippen LogP) is 2.47. The van der Waals surface area contributed by atoms with E-state index in [0.717, 1.165) is 16.7 Å². The number of carbonyl (C=O) groups excluding carboxylic acids is 6. The van der Waals surface area contributed by atoms with Gasteiger partial charge in [0.1, 0.15) is 18.7 Å². The summed E-state index contributed by atoms with van der Waals surface area (Å²) in [5.41, 5.74) is 2.53. The van der Waals surface area contributed by atoms with Gasteiger partial charge in [-0.1, -0.05) is 74.0 Å². The van der Waals surface area contributed by atoms with Gasteiger partial charge in [-0.3, -0.25) is 24.0 Å². The van der Waals surface area contributed by atoms with Crippen molar-refractivity contribution >= 4 is 35.5 Å². The number of Topliss-reactive ketones (excluding diaryl/α,β-unsaturated/α-hetero) is 1. The zero-order chi connectivity index (χ0) is 34.5. The number of amides is 5. The summed E-state index contributed by atoms with van der Waals surface area (Å²) in [4.78, 5) is 78.5. The third-order valence-corrected chi connectivity index (χ3v) is 7.64. The Kier molecular flexibility index (Phi) is 13.9. The van der Waals surface area contributed by atoms with Crippen LogP contribution in [0.5, 0.6) is 0 Å². The molecule has 47 heavy (non-hydrogen) atoms. The van der Waals surface area contributed by atoms with Crippen LogP contribution in [0.2, 0.25) is 0 Å². The van der Waals surface area contributed by atoms with E-state index >= 15 is 0 Å². The maximum atomic E-state index is 13.8. The van der Waals surface area contributed by atoms with Crippen LogP contribution in [0, 0.1) is 18.8 Å². The van der Waals surface area contributed by atoms with E-state index in [1.165, 1.54) is 0 Å². The molecule has 5 N–H and O–H groups in total. The lowest BCUT2D eigenvalue weighted by Crippen LogP contribution is -2.58. The number of alkyl carbamates (subject to hydrolysis) is 1. The van der Waals surface area contributed by atoms with Crippen molar-refractivity contribution in [3.63, 3.8) is 0 Å². The van der Waals surface area contributed by atoms with Gasteiger partial charge in [0.25, 0.3) is 5.91 Å². The van der Waals surface area contributed by atoms with Crippen LogP contribution in [0.3, 0.4) is 0 Å². The molecule has 0 spiro atoms. The Bertz CT molecular complexity index is 1410. The predicted molar refractivity (Wildman–Crippen MR) is 176 cm³/mol. The molecule has 1 fully saturated rings. The maximum absolute atomic E-state index is 13.8. The number of benzene rings is 2. The Morgan fingerprint density at radius 3 is 2.11 bits per heavy atom. The van der Waals surface area contributed by atoms with E-state index in [2.05, 4.69) is 26.6 Å². The van der Waals surface area contributed by atoms with Crippen LogP contribution in [0.15, 0.2) is 54.6 Å². The van der Waals surface area contributed by atoms with Crippen molar-refractivity contribution in [2.75, 3.05) is 6.54 Å². The molecule has 5 amide bonds. The SMILES string of the molecule is Cc1cccc(C[C@H](NC(=O)OCc2ccccc2)C(=O)N[C@@H](CC(C)C)C(=O)N[C@@H](C[C@@H]2CCNC2=O)C(=O)C(=O)NC(C)C)c1. The zero-order valence-corrected chi connectivity index (χ0v) is 27.8. The maximum Gasteiger partial charge on any atom is 0.408 e. The fraction of sp³-hybridized carbons (Fsp3) is 0.486. The number of ketones is 1. The third kappa shape index (κ3) is 12.2. The number of hydrogen-bond acceptors (Lipinski definition) is 7. The average Bonchev–Trinajstić information content (AvgIpc) is 3.42. The van der Waals surface area contributed by atoms with Crippen molar-refractivity contribution in [3.05, 3.63) is 71.3 Å². The van der Waals surface area contributed by atoms with Crippen LogP contribution < -0.4 is 26.6 Å². The highest BCUT2D eigenvalue weighted by molar-refractivity contribution is 6.38. The molecule has 0 aromatic heterocycles. The lowest BCUT2D eigenvalue weighted by atomic mass is 9.94. The number of carbonyl (C=O) groups is 6. The first kappa shape index (κ1) is 36.7. The van der Waals surface area contributed by atoms with E-state index in [0.29, 0.717) is 13.0 Å². The van der Waals surface area contributed by atoms with Crippen molar-refractivity contribution < 1.29 is 33.5 Å². The van der Waals surface area contributed by atoms with Gasteiger partial charge < -0.3 is 31.3 Å². The molecule has 0 saturated carbocycles. The smallest absolute Gasteiger partial charge is 0.408 e. The van der Waals surface area contributed by atoms with E-state index in [9.17, 15) is 28.8 Å². The third-order valence-electron chi connectivity index (χ3n) is 7.64. The highest BCUT2D eigenvalue weighted by Crippen LogP contribution is 2.18. The Labute approximate surface area is 276 Å². The van der Waals surface area contributed by atoms with Gasteiger partial charge in [-0.05, 0) is 57.1 Å². The molecule has 0 unspecified atom stereocenters. The van der Waals surface area contributed by atoms with Crippen LogP contribution in [0.25, 0.3) is 0 Å². The molecule has 1 aliphatic rings. The molecule has 3 rings (SSSR count). The summed E-state index contributed by atoms with van der Waals surface area (Å²) in [5.74, 6) is -3.91. The number of ether oxygens (including phenoxy) is 1. The Morgan fingerprint density at radius 1 is 0.830 bits per heavy atom. The molecule has 4 atom stereocenters. The van der Waals surface area contributed by atoms with E-state index in [1.54, 1.807) is 13.8 Å². The fourth-order valence-corrected chi connectivity index (χ4v) is 5.32. The molecule has 1 saturated heterocycles. The summed E-state index contributed by atoms with van der Waals surface area (Å²) in [6.45, 7) is 9.51. The minimum Gasteiger partial charge on any atom is -0.445 e. The summed E-state index contributed by atoms with van der Waals surface area (Å²) < 4.78 is 5.37. The second-order valence-electron chi connectivity index (χ2n) is 12.7. The van der Waals surface area contributed by atoms with Gasteiger partial charge in [0.05, 0.1) is 6.04 Å². The van der Waals surface area contributed by atoms with E-state index in [4.69, 9.17) is 4.74 Å². The molecule has 12 nitrogen and oxygen atoms in total. The summed E-state index contributed by atoms with van der Waals surface area (Å²) in [7, 11) is 0. The molecule has 254 valence electrons. The molecule has 1 aliphatic heterocycles. The molecule has 2 aromatic carbocycles. The first-order valence-electron chi connectivity index (χ1n) is 16.1. The monoisotopic (exact) mass is 649 g/mol. The van der Waals surface area contributed by atoms with Crippen LogP contribution in [0.4, 0.5) is 4.79 Å². The fourth-order valence-electron chi connectivity index (χ4n) is 5.32. The zero-order valence-electron chi connectivity index (χ0n) is 27.8. The van der Waals surface area contributed by atoms with E-state index < -0.39 is 53.6 Å². The summed E-state index contributed by atoms with van der Waals surface area (Å²) in [6, 6.07) is 12.8. The van der Waals surface area contributed by atoms with E-state index in [-0.39, 0.29) is 43.7 Å². The first-order chi connectivity index (χ1) is 22.3. The summed E-state index contributed by atoms with van der Waals surface area (Å²) in [5, 5.41) is 13.3. The van der Waals surface area contributed by atoms with E-state index in [1.807, 2.05) is 75.4 Å². The average molecular weight is 650 g/mol. The number of hydrogen-bond donors (Lipinski definition) is 5. The van der Waals surface area contributed by atoms with Crippen LogP contribution in [-0.2, 0) is 41.7 Å². The molecular weight excluding hydrogens is 602 g/mol. The van der Waals surface area contributed by atoms with Crippen LogP contribution >= 0.6 is 0 Å². The second-order valence-corrected chi connectivity index (χ2v) is 12.7. The van der Waals surface area contributed by atoms with Crippen molar-refractivity contribution in [3.8, 4) is 0 Å². The van der Waals surface area contributed by atoms with Gasteiger partial charge in [-0.2, -0.15) is 0 Å². The van der Waals surface area contributed by atoms with Crippen LogP contribution in [0.1, 0.15) is 63.6 Å². The Morgan fingerprint density at radius 2 is 1.49 bits per heavy atom. The normalized spacial score (nSPS) is 16.1. The molecule has 0 radical (unpaired) electrons. The molecule has 1 heterocycles. The second kappa shape index (κ2) is 17.8. The van der Waals surface area contributed by atoms with Gasteiger partial charge in [0.2, 0.25) is 23.5 Å². The van der Waals surface area contributed by atoms with Crippen molar-refractivity contribution in [1.82, 2.24) is 26.6 Å². The molecule has 12 heteroatoms. The summed E-state index contributed by atoms with van der Waals surface area (Å²) in [6.07, 6.45) is -0.0748. The van der Waals surface area contributed by atoms with Gasteiger partial charge in [0.15, 0.2) is 0 Å². The summed E-state index contributed by atoms with van der Waals surface area (Å²) >= 11 is 0.